The third-order valence-corrected chi connectivity index (χ3v) is 6.34. The molecule has 0 bridgehead atoms. The van der Waals surface area contributed by atoms with Crippen molar-refractivity contribution in [1.82, 2.24) is 10.2 Å². The highest BCUT2D eigenvalue weighted by atomic mass is 15.3. The van der Waals surface area contributed by atoms with Crippen molar-refractivity contribution < 1.29 is 0 Å². The first-order chi connectivity index (χ1) is 9.10. The van der Waals surface area contributed by atoms with Crippen LogP contribution < -0.4 is 5.32 Å². The average molecular weight is 264 g/mol. The van der Waals surface area contributed by atoms with E-state index in [0.29, 0.717) is 11.1 Å². The molecular formula is C17H32N2. The standard InChI is InChI=1S/C17H32N2/c1-4-14(2)19-13-17(10-6-5-7-11-17)18-12-16(19,3)15-8-9-15/h14-15,18H,4-13H2,1-3H3. The van der Waals surface area contributed by atoms with Crippen molar-refractivity contribution in [3.8, 4) is 0 Å². The van der Waals surface area contributed by atoms with E-state index in [1.807, 2.05) is 0 Å². The van der Waals surface area contributed by atoms with Gasteiger partial charge in [0.05, 0.1) is 0 Å². The molecular weight excluding hydrogens is 232 g/mol. The fourth-order valence-corrected chi connectivity index (χ4v) is 4.56. The van der Waals surface area contributed by atoms with Crippen LogP contribution in [0.4, 0.5) is 0 Å². The Morgan fingerprint density at radius 2 is 1.89 bits per heavy atom. The van der Waals surface area contributed by atoms with E-state index in [4.69, 9.17) is 0 Å². The van der Waals surface area contributed by atoms with Gasteiger partial charge in [-0.3, -0.25) is 4.90 Å². The zero-order valence-electron chi connectivity index (χ0n) is 13.2. The molecule has 0 aromatic carbocycles. The molecule has 0 radical (unpaired) electrons. The minimum atomic E-state index is 0.429. The molecule has 2 aliphatic carbocycles. The molecule has 0 aromatic rings. The Balaban J connectivity index is 1.79. The van der Waals surface area contributed by atoms with Crippen LogP contribution in [-0.2, 0) is 0 Å². The van der Waals surface area contributed by atoms with Crippen molar-refractivity contribution >= 4 is 0 Å². The lowest BCUT2D eigenvalue weighted by atomic mass is 9.75. The smallest absolute Gasteiger partial charge is 0.0337 e. The van der Waals surface area contributed by atoms with Crippen molar-refractivity contribution in [2.24, 2.45) is 5.92 Å². The third kappa shape index (κ3) is 2.47. The molecule has 2 atom stereocenters. The Morgan fingerprint density at radius 1 is 1.21 bits per heavy atom. The van der Waals surface area contributed by atoms with Crippen molar-refractivity contribution in [2.45, 2.75) is 89.3 Å². The maximum Gasteiger partial charge on any atom is 0.0337 e. The van der Waals surface area contributed by atoms with Gasteiger partial charge in [-0.1, -0.05) is 26.2 Å². The summed E-state index contributed by atoms with van der Waals surface area (Å²) in [6.07, 6.45) is 11.3. The summed E-state index contributed by atoms with van der Waals surface area (Å²) in [5.41, 5.74) is 0.883. The highest BCUT2D eigenvalue weighted by Crippen LogP contribution is 2.47. The van der Waals surface area contributed by atoms with Crippen molar-refractivity contribution in [3.05, 3.63) is 0 Å². The van der Waals surface area contributed by atoms with Crippen LogP contribution in [0.25, 0.3) is 0 Å². The summed E-state index contributed by atoms with van der Waals surface area (Å²) in [5, 5.41) is 4.01. The highest BCUT2D eigenvalue weighted by molar-refractivity contribution is 5.10. The van der Waals surface area contributed by atoms with E-state index < -0.39 is 0 Å². The summed E-state index contributed by atoms with van der Waals surface area (Å²) in [6, 6.07) is 0.742. The summed E-state index contributed by atoms with van der Waals surface area (Å²) < 4.78 is 0. The van der Waals surface area contributed by atoms with Crippen LogP contribution in [0.1, 0.15) is 72.1 Å². The molecule has 110 valence electrons. The quantitative estimate of drug-likeness (QED) is 0.838. The molecule has 0 amide bonds. The van der Waals surface area contributed by atoms with Gasteiger partial charge in [0.2, 0.25) is 0 Å². The Morgan fingerprint density at radius 3 is 2.47 bits per heavy atom. The zero-order chi connectivity index (χ0) is 13.5. The number of hydrogen-bond acceptors (Lipinski definition) is 2. The maximum absolute atomic E-state index is 4.01. The summed E-state index contributed by atoms with van der Waals surface area (Å²) >= 11 is 0. The van der Waals surface area contributed by atoms with Crippen molar-refractivity contribution in [3.63, 3.8) is 0 Å². The van der Waals surface area contributed by atoms with E-state index in [-0.39, 0.29) is 0 Å². The van der Waals surface area contributed by atoms with Crippen LogP contribution in [0.2, 0.25) is 0 Å². The van der Waals surface area contributed by atoms with Gasteiger partial charge in [-0.2, -0.15) is 0 Å². The third-order valence-electron chi connectivity index (χ3n) is 6.34. The minimum Gasteiger partial charge on any atom is -0.308 e. The fourth-order valence-electron chi connectivity index (χ4n) is 4.56. The SMILES string of the molecule is CCC(C)N1CC2(CCCCC2)NCC1(C)C1CC1. The molecule has 1 N–H and O–H groups in total. The van der Waals surface area contributed by atoms with Crippen LogP contribution in [0.15, 0.2) is 0 Å². The monoisotopic (exact) mass is 264 g/mol. The second-order valence-electron chi connectivity index (χ2n) is 7.71. The lowest BCUT2D eigenvalue weighted by Crippen LogP contribution is -2.71. The molecule has 1 aliphatic heterocycles. The lowest BCUT2D eigenvalue weighted by molar-refractivity contribution is -0.0370. The predicted octanol–water partition coefficient (Wildman–Crippen LogP) is 3.56. The predicted molar refractivity (Wildman–Crippen MR) is 81.4 cm³/mol. The lowest BCUT2D eigenvalue weighted by Gasteiger charge is -2.57. The van der Waals surface area contributed by atoms with Crippen LogP contribution in [0.5, 0.6) is 0 Å². The molecule has 3 rings (SSSR count). The van der Waals surface area contributed by atoms with Gasteiger partial charge in [0.25, 0.3) is 0 Å². The minimum absolute atomic E-state index is 0.429. The van der Waals surface area contributed by atoms with E-state index in [1.165, 1.54) is 64.5 Å². The van der Waals surface area contributed by atoms with Gasteiger partial charge in [-0.05, 0) is 51.9 Å². The van der Waals surface area contributed by atoms with Crippen molar-refractivity contribution in [2.75, 3.05) is 13.1 Å². The first-order valence-corrected chi connectivity index (χ1v) is 8.61. The molecule has 2 nitrogen and oxygen atoms in total. The Kier molecular flexibility index (Phi) is 3.68. The average Bonchev–Trinajstić information content (AvgIpc) is 3.27. The summed E-state index contributed by atoms with van der Waals surface area (Å²) in [6.45, 7) is 9.85. The largest absolute Gasteiger partial charge is 0.308 e. The molecule has 3 aliphatic rings. The number of nitrogens with one attached hydrogen (secondary N) is 1. The van der Waals surface area contributed by atoms with Crippen LogP contribution >= 0.6 is 0 Å². The molecule has 2 saturated carbocycles. The van der Waals surface area contributed by atoms with Gasteiger partial charge in [0, 0.05) is 30.2 Å². The van der Waals surface area contributed by atoms with Crippen LogP contribution in [-0.4, -0.2) is 35.1 Å². The molecule has 2 unspecified atom stereocenters. The second kappa shape index (κ2) is 5.04. The Bertz CT molecular complexity index is 317. The summed E-state index contributed by atoms with van der Waals surface area (Å²) in [7, 11) is 0. The van der Waals surface area contributed by atoms with E-state index in [0.717, 1.165) is 12.0 Å². The van der Waals surface area contributed by atoms with Crippen LogP contribution in [0, 0.1) is 5.92 Å². The first-order valence-electron chi connectivity index (χ1n) is 8.61. The number of rotatable bonds is 3. The van der Waals surface area contributed by atoms with Gasteiger partial charge in [0.15, 0.2) is 0 Å². The number of hydrogen-bond donors (Lipinski definition) is 1. The van der Waals surface area contributed by atoms with E-state index in [1.54, 1.807) is 0 Å². The van der Waals surface area contributed by atoms with E-state index >= 15 is 0 Å². The second-order valence-corrected chi connectivity index (χ2v) is 7.71. The van der Waals surface area contributed by atoms with Gasteiger partial charge in [-0.15, -0.1) is 0 Å². The number of piperazine rings is 1. The molecule has 1 spiro atoms. The molecule has 1 saturated heterocycles. The Hall–Kier alpha value is -0.0800. The zero-order valence-corrected chi connectivity index (χ0v) is 13.2. The number of nitrogens with zero attached hydrogens (tertiary/aromatic N) is 1. The van der Waals surface area contributed by atoms with Gasteiger partial charge in [-0.25, -0.2) is 0 Å². The molecule has 19 heavy (non-hydrogen) atoms. The fraction of sp³-hybridized carbons (Fsp3) is 1.00. The molecule has 3 fully saturated rings. The van der Waals surface area contributed by atoms with Crippen molar-refractivity contribution in [1.29, 1.82) is 0 Å². The van der Waals surface area contributed by atoms with Gasteiger partial charge >= 0.3 is 0 Å². The molecule has 2 heteroatoms. The van der Waals surface area contributed by atoms with E-state index in [2.05, 4.69) is 31.0 Å². The maximum atomic E-state index is 4.01. The van der Waals surface area contributed by atoms with Gasteiger partial charge < -0.3 is 5.32 Å². The normalized spacial score (nSPS) is 37.4. The molecule has 1 heterocycles. The Labute approximate surface area is 119 Å². The molecule has 0 aromatic heterocycles. The summed E-state index contributed by atoms with van der Waals surface area (Å²) in [5.74, 6) is 0.954. The topological polar surface area (TPSA) is 15.3 Å². The van der Waals surface area contributed by atoms with E-state index in [9.17, 15) is 0 Å². The first kappa shape index (κ1) is 13.9. The highest BCUT2D eigenvalue weighted by Gasteiger charge is 2.52. The van der Waals surface area contributed by atoms with Crippen LogP contribution in [0.3, 0.4) is 0 Å². The summed E-state index contributed by atoms with van der Waals surface area (Å²) in [4.78, 5) is 2.90. The van der Waals surface area contributed by atoms with Gasteiger partial charge in [0.1, 0.15) is 0 Å².